The number of nitrogens with one attached hydrogen (secondary N) is 1. The zero-order valence-corrected chi connectivity index (χ0v) is 15.6. The van der Waals surface area contributed by atoms with Gasteiger partial charge in [0.1, 0.15) is 0 Å². The number of aliphatic hydroxyl groups excluding tert-OH is 1. The summed E-state index contributed by atoms with van der Waals surface area (Å²) in [6.07, 6.45) is -0.120. The van der Waals surface area contributed by atoms with Crippen LogP contribution in [0.3, 0.4) is 0 Å². The highest BCUT2D eigenvalue weighted by atomic mass is 16.3. The van der Waals surface area contributed by atoms with Gasteiger partial charge in [-0.15, -0.1) is 0 Å². The van der Waals surface area contributed by atoms with Gasteiger partial charge in [0.2, 0.25) is 5.91 Å². The molecule has 3 atom stereocenters. The van der Waals surface area contributed by atoms with Gasteiger partial charge < -0.3 is 16.2 Å². The Hall–Kier alpha value is -2.45. The van der Waals surface area contributed by atoms with E-state index in [1.807, 2.05) is 13.8 Å². The van der Waals surface area contributed by atoms with E-state index in [9.17, 15) is 19.5 Å². The molecule has 0 bridgehead atoms. The van der Waals surface area contributed by atoms with Crippen molar-refractivity contribution in [2.75, 3.05) is 0 Å². The third kappa shape index (κ3) is 3.81. The summed E-state index contributed by atoms with van der Waals surface area (Å²) in [6.45, 7) is 4.12. The third-order valence-electron chi connectivity index (χ3n) is 5.01. The van der Waals surface area contributed by atoms with Crippen molar-refractivity contribution in [1.82, 2.24) is 14.7 Å². The van der Waals surface area contributed by atoms with Gasteiger partial charge in [0.25, 0.3) is 11.1 Å². The van der Waals surface area contributed by atoms with Gasteiger partial charge in [-0.3, -0.25) is 14.4 Å². The Balaban J connectivity index is 1.88. The van der Waals surface area contributed by atoms with E-state index in [1.165, 1.54) is 9.36 Å². The maximum absolute atomic E-state index is 12.8. The second-order valence-electron chi connectivity index (χ2n) is 7.57. The first kappa shape index (κ1) is 19.3. The SMILES string of the molecule is CC(C)C[C@H](N)C(=O)NC1CCn2c(=O)c3ccccc3c(=O)n2CC1O. The molecule has 1 aliphatic heterocycles. The van der Waals surface area contributed by atoms with Crippen LogP contribution < -0.4 is 22.2 Å². The molecule has 8 nitrogen and oxygen atoms in total. The highest BCUT2D eigenvalue weighted by Gasteiger charge is 2.29. The van der Waals surface area contributed by atoms with Crippen LogP contribution in [0.4, 0.5) is 0 Å². The topological polar surface area (TPSA) is 119 Å². The van der Waals surface area contributed by atoms with E-state index in [0.717, 1.165) is 0 Å². The van der Waals surface area contributed by atoms with Crippen LogP contribution in [0, 0.1) is 5.92 Å². The smallest absolute Gasteiger partial charge is 0.273 e. The molecular weight excluding hydrogens is 348 g/mol. The van der Waals surface area contributed by atoms with Gasteiger partial charge in [-0.25, -0.2) is 9.36 Å². The van der Waals surface area contributed by atoms with E-state index in [0.29, 0.717) is 23.6 Å². The molecule has 3 rings (SSSR count). The Labute approximate surface area is 156 Å². The van der Waals surface area contributed by atoms with E-state index < -0.39 is 18.2 Å². The first-order chi connectivity index (χ1) is 12.8. The molecule has 2 unspecified atom stereocenters. The molecule has 1 amide bonds. The number of rotatable bonds is 4. The number of aromatic nitrogens is 2. The molecule has 0 aliphatic carbocycles. The van der Waals surface area contributed by atoms with Crippen molar-refractivity contribution in [2.24, 2.45) is 11.7 Å². The van der Waals surface area contributed by atoms with Crippen molar-refractivity contribution in [3.8, 4) is 0 Å². The Morgan fingerprint density at radius 1 is 1.22 bits per heavy atom. The van der Waals surface area contributed by atoms with Gasteiger partial charge >= 0.3 is 0 Å². The first-order valence-corrected chi connectivity index (χ1v) is 9.26. The van der Waals surface area contributed by atoms with Gasteiger partial charge in [-0.05, 0) is 30.9 Å². The zero-order chi connectivity index (χ0) is 19.7. The minimum absolute atomic E-state index is 0.0662. The number of amides is 1. The second-order valence-corrected chi connectivity index (χ2v) is 7.57. The average molecular weight is 374 g/mol. The maximum atomic E-state index is 12.8. The van der Waals surface area contributed by atoms with Crippen LogP contribution in [0.15, 0.2) is 33.9 Å². The summed E-state index contributed by atoms with van der Waals surface area (Å²) in [6, 6.07) is 5.41. The number of carbonyl (C=O) groups excluding carboxylic acids is 1. The molecule has 1 aromatic heterocycles. The summed E-state index contributed by atoms with van der Waals surface area (Å²) in [5.74, 6) is -0.0535. The Morgan fingerprint density at radius 3 is 2.41 bits per heavy atom. The first-order valence-electron chi connectivity index (χ1n) is 9.26. The standard InChI is InChI=1S/C19H26N4O4/c1-11(2)9-14(20)17(25)21-15-7-8-22-18(26)12-5-3-4-6-13(12)19(27)23(22)10-16(15)24/h3-6,11,14-16,24H,7-10,20H2,1-2H3,(H,21,25)/t14-,15?,16?/m0/s1. The Kier molecular flexibility index (Phi) is 5.48. The number of hydrogen-bond donors (Lipinski definition) is 3. The van der Waals surface area contributed by atoms with Gasteiger partial charge in [-0.2, -0.15) is 0 Å². The van der Waals surface area contributed by atoms with Crippen LogP contribution in [-0.2, 0) is 17.9 Å². The highest BCUT2D eigenvalue weighted by Crippen LogP contribution is 2.12. The van der Waals surface area contributed by atoms with Crippen LogP contribution in [0.1, 0.15) is 26.7 Å². The summed E-state index contributed by atoms with van der Waals surface area (Å²) in [7, 11) is 0. The fraction of sp³-hybridized carbons (Fsp3) is 0.526. The molecular formula is C19H26N4O4. The normalized spacial score (nSPS) is 20.9. The molecule has 146 valence electrons. The predicted molar refractivity (Wildman–Crippen MR) is 102 cm³/mol. The van der Waals surface area contributed by atoms with Crippen LogP contribution in [-0.4, -0.2) is 38.6 Å². The Morgan fingerprint density at radius 2 is 1.81 bits per heavy atom. The maximum Gasteiger partial charge on any atom is 0.273 e. The quantitative estimate of drug-likeness (QED) is 0.684. The summed E-state index contributed by atoms with van der Waals surface area (Å²) in [5, 5.41) is 14.0. The number of nitrogens with zero attached hydrogens (tertiary/aromatic N) is 2. The van der Waals surface area contributed by atoms with Gasteiger partial charge in [-0.1, -0.05) is 26.0 Å². The third-order valence-corrected chi connectivity index (χ3v) is 5.01. The number of hydrogen-bond acceptors (Lipinski definition) is 5. The second kappa shape index (κ2) is 7.66. The molecule has 2 heterocycles. The largest absolute Gasteiger partial charge is 0.389 e. The predicted octanol–water partition coefficient (Wildman–Crippen LogP) is -0.214. The van der Waals surface area contributed by atoms with E-state index >= 15 is 0 Å². The van der Waals surface area contributed by atoms with Crippen molar-refractivity contribution in [1.29, 1.82) is 0 Å². The van der Waals surface area contributed by atoms with Crippen molar-refractivity contribution in [2.45, 2.75) is 58.0 Å². The van der Waals surface area contributed by atoms with Gasteiger partial charge in [0.15, 0.2) is 0 Å². The molecule has 4 N–H and O–H groups in total. The molecule has 1 aliphatic rings. The van der Waals surface area contributed by atoms with Crippen molar-refractivity contribution >= 4 is 16.7 Å². The lowest BCUT2D eigenvalue weighted by atomic mass is 10.0. The van der Waals surface area contributed by atoms with Crippen LogP contribution in [0.2, 0.25) is 0 Å². The van der Waals surface area contributed by atoms with E-state index in [2.05, 4.69) is 5.32 Å². The minimum Gasteiger partial charge on any atom is -0.389 e. The van der Waals surface area contributed by atoms with Crippen LogP contribution >= 0.6 is 0 Å². The lowest BCUT2D eigenvalue weighted by Gasteiger charge is -2.23. The molecule has 0 fully saturated rings. The fourth-order valence-electron chi connectivity index (χ4n) is 3.59. The summed E-state index contributed by atoms with van der Waals surface area (Å²) >= 11 is 0. The van der Waals surface area contributed by atoms with E-state index in [4.69, 9.17) is 5.73 Å². The number of carbonyl (C=O) groups is 1. The molecule has 27 heavy (non-hydrogen) atoms. The van der Waals surface area contributed by atoms with Gasteiger partial charge in [0, 0.05) is 6.54 Å². The lowest BCUT2D eigenvalue weighted by molar-refractivity contribution is -0.124. The molecule has 1 aromatic carbocycles. The fourth-order valence-corrected chi connectivity index (χ4v) is 3.59. The number of nitrogens with two attached hydrogens (primary N) is 1. The summed E-state index contributed by atoms with van der Waals surface area (Å²) in [5.41, 5.74) is 5.31. The number of fused-ring (bicyclic) bond motifs is 2. The molecule has 8 heteroatoms. The van der Waals surface area contributed by atoms with Crippen molar-refractivity contribution in [3.63, 3.8) is 0 Å². The summed E-state index contributed by atoms with van der Waals surface area (Å²) < 4.78 is 2.63. The minimum atomic E-state index is -0.993. The molecule has 0 saturated carbocycles. The van der Waals surface area contributed by atoms with Crippen molar-refractivity contribution in [3.05, 3.63) is 45.0 Å². The highest BCUT2D eigenvalue weighted by molar-refractivity contribution is 5.82. The lowest BCUT2D eigenvalue weighted by Crippen LogP contribution is -2.50. The molecule has 0 radical (unpaired) electrons. The van der Waals surface area contributed by atoms with Crippen LogP contribution in [0.25, 0.3) is 10.8 Å². The molecule has 2 aromatic rings. The average Bonchev–Trinajstić information content (AvgIpc) is 2.79. The van der Waals surface area contributed by atoms with Crippen molar-refractivity contribution < 1.29 is 9.90 Å². The van der Waals surface area contributed by atoms with Gasteiger partial charge in [0.05, 0.1) is 35.5 Å². The Bertz CT molecular complexity index is 962. The monoisotopic (exact) mass is 374 g/mol. The van der Waals surface area contributed by atoms with E-state index in [-0.39, 0.29) is 36.0 Å². The zero-order valence-electron chi connectivity index (χ0n) is 15.6. The van der Waals surface area contributed by atoms with Crippen LogP contribution in [0.5, 0.6) is 0 Å². The number of benzene rings is 1. The molecule has 0 spiro atoms. The summed E-state index contributed by atoms with van der Waals surface area (Å²) in [4.78, 5) is 37.8. The number of aliphatic hydroxyl groups is 1. The van der Waals surface area contributed by atoms with E-state index in [1.54, 1.807) is 24.3 Å². The molecule has 0 saturated heterocycles.